The van der Waals surface area contributed by atoms with Crippen molar-refractivity contribution >= 4 is 28.2 Å². The molecule has 1 amide bonds. The van der Waals surface area contributed by atoms with Crippen molar-refractivity contribution in [3.05, 3.63) is 4.88 Å². The standard InChI is InChI=1S/C11H20N4OS/c1-5-7(6(2)3)14-10(16)8-9(12)15-11(13-4)17-8/h6-7H,5,12H2,1-4H3,(H,13,15)(H,14,16). The number of aromatic nitrogens is 1. The van der Waals surface area contributed by atoms with Crippen LogP contribution in [0.4, 0.5) is 10.9 Å². The molecule has 96 valence electrons. The maximum atomic E-state index is 12.0. The monoisotopic (exact) mass is 256 g/mol. The third kappa shape index (κ3) is 3.33. The number of carbonyl (C=O) groups is 1. The van der Waals surface area contributed by atoms with E-state index in [1.165, 1.54) is 11.3 Å². The first-order valence-electron chi connectivity index (χ1n) is 5.74. The molecule has 1 aromatic heterocycles. The molecule has 0 saturated carbocycles. The Morgan fingerprint density at radius 1 is 1.53 bits per heavy atom. The summed E-state index contributed by atoms with van der Waals surface area (Å²) in [5, 5.41) is 6.52. The van der Waals surface area contributed by atoms with Crippen molar-refractivity contribution in [2.75, 3.05) is 18.1 Å². The number of amides is 1. The van der Waals surface area contributed by atoms with Gasteiger partial charge in [0.25, 0.3) is 5.91 Å². The Balaban J connectivity index is 2.78. The molecule has 1 aromatic rings. The molecule has 0 radical (unpaired) electrons. The van der Waals surface area contributed by atoms with Gasteiger partial charge >= 0.3 is 0 Å². The lowest BCUT2D eigenvalue weighted by Gasteiger charge is -2.20. The van der Waals surface area contributed by atoms with Crippen LogP contribution in [-0.4, -0.2) is 24.0 Å². The fourth-order valence-electron chi connectivity index (χ4n) is 1.58. The number of hydrogen-bond acceptors (Lipinski definition) is 5. The minimum Gasteiger partial charge on any atom is -0.382 e. The van der Waals surface area contributed by atoms with Crippen LogP contribution in [0.25, 0.3) is 0 Å². The van der Waals surface area contributed by atoms with Crippen LogP contribution in [0.1, 0.15) is 36.9 Å². The Bertz CT molecular complexity index is 389. The van der Waals surface area contributed by atoms with Crippen LogP contribution < -0.4 is 16.4 Å². The minimum absolute atomic E-state index is 0.137. The molecular formula is C11H20N4OS. The number of anilines is 2. The van der Waals surface area contributed by atoms with E-state index in [9.17, 15) is 4.79 Å². The average molecular weight is 256 g/mol. The molecule has 0 bridgehead atoms. The van der Waals surface area contributed by atoms with Crippen molar-refractivity contribution in [3.8, 4) is 0 Å². The lowest BCUT2D eigenvalue weighted by atomic mass is 10.0. The summed E-state index contributed by atoms with van der Waals surface area (Å²) < 4.78 is 0. The molecule has 1 unspecified atom stereocenters. The molecule has 5 nitrogen and oxygen atoms in total. The number of rotatable bonds is 5. The van der Waals surface area contributed by atoms with E-state index in [-0.39, 0.29) is 17.8 Å². The molecule has 0 spiro atoms. The van der Waals surface area contributed by atoms with Gasteiger partial charge in [0, 0.05) is 13.1 Å². The highest BCUT2D eigenvalue weighted by atomic mass is 32.1. The average Bonchev–Trinajstić information content (AvgIpc) is 2.66. The van der Waals surface area contributed by atoms with Crippen LogP contribution in [0, 0.1) is 5.92 Å². The first kappa shape index (κ1) is 13.8. The number of nitrogens with zero attached hydrogens (tertiary/aromatic N) is 1. The van der Waals surface area contributed by atoms with E-state index in [0.717, 1.165) is 6.42 Å². The fraction of sp³-hybridized carbons (Fsp3) is 0.636. The number of thiazole rings is 1. The molecule has 1 heterocycles. The van der Waals surface area contributed by atoms with Crippen molar-refractivity contribution in [1.82, 2.24) is 10.3 Å². The lowest BCUT2D eigenvalue weighted by Crippen LogP contribution is -2.37. The molecule has 0 saturated heterocycles. The maximum Gasteiger partial charge on any atom is 0.265 e. The largest absolute Gasteiger partial charge is 0.382 e. The fourth-order valence-corrected chi connectivity index (χ4v) is 2.32. The van der Waals surface area contributed by atoms with E-state index < -0.39 is 0 Å². The van der Waals surface area contributed by atoms with Crippen LogP contribution >= 0.6 is 11.3 Å². The van der Waals surface area contributed by atoms with E-state index in [0.29, 0.717) is 15.9 Å². The van der Waals surface area contributed by atoms with Gasteiger partial charge in [0.2, 0.25) is 0 Å². The SMILES string of the molecule is CCC(NC(=O)c1sc(NC)nc1N)C(C)C. The second-order valence-corrected chi connectivity index (χ2v) is 5.21. The number of nitrogens with one attached hydrogen (secondary N) is 2. The Hall–Kier alpha value is -1.30. The Morgan fingerprint density at radius 3 is 2.59 bits per heavy atom. The van der Waals surface area contributed by atoms with Gasteiger partial charge in [-0.1, -0.05) is 32.1 Å². The number of nitrogens with two attached hydrogens (primary N) is 1. The van der Waals surface area contributed by atoms with Gasteiger partial charge in [-0.15, -0.1) is 0 Å². The summed E-state index contributed by atoms with van der Waals surface area (Å²) in [4.78, 5) is 16.6. The van der Waals surface area contributed by atoms with Crippen molar-refractivity contribution < 1.29 is 4.79 Å². The van der Waals surface area contributed by atoms with E-state index >= 15 is 0 Å². The lowest BCUT2D eigenvalue weighted by molar-refractivity contribution is 0.0929. The molecule has 0 aliphatic carbocycles. The summed E-state index contributed by atoms with van der Waals surface area (Å²) in [7, 11) is 1.75. The number of nitrogen functional groups attached to an aromatic ring is 1. The van der Waals surface area contributed by atoms with E-state index in [4.69, 9.17) is 5.73 Å². The van der Waals surface area contributed by atoms with Gasteiger partial charge in [-0.05, 0) is 12.3 Å². The van der Waals surface area contributed by atoms with Crippen LogP contribution in [0.5, 0.6) is 0 Å². The smallest absolute Gasteiger partial charge is 0.265 e. The second kappa shape index (κ2) is 5.86. The van der Waals surface area contributed by atoms with Gasteiger partial charge in [0.15, 0.2) is 5.13 Å². The normalized spacial score (nSPS) is 12.5. The number of carbonyl (C=O) groups excluding carboxylic acids is 1. The molecule has 0 aromatic carbocycles. The molecular weight excluding hydrogens is 236 g/mol. The summed E-state index contributed by atoms with van der Waals surface area (Å²) in [5.41, 5.74) is 5.71. The highest BCUT2D eigenvalue weighted by Gasteiger charge is 2.20. The zero-order valence-electron chi connectivity index (χ0n) is 10.7. The van der Waals surface area contributed by atoms with Gasteiger partial charge in [-0.25, -0.2) is 4.98 Å². The Morgan fingerprint density at radius 2 is 2.18 bits per heavy atom. The van der Waals surface area contributed by atoms with Crippen LogP contribution in [-0.2, 0) is 0 Å². The van der Waals surface area contributed by atoms with E-state index in [1.807, 2.05) is 0 Å². The highest BCUT2D eigenvalue weighted by Crippen LogP contribution is 2.24. The Labute approximate surface area is 106 Å². The third-order valence-corrected chi connectivity index (χ3v) is 3.72. The first-order valence-corrected chi connectivity index (χ1v) is 6.56. The molecule has 4 N–H and O–H groups in total. The molecule has 1 atom stereocenters. The van der Waals surface area contributed by atoms with Crippen molar-refractivity contribution in [3.63, 3.8) is 0 Å². The Kier molecular flexibility index (Phi) is 4.74. The maximum absolute atomic E-state index is 12.0. The molecule has 17 heavy (non-hydrogen) atoms. The van der Waals surface area contributed by atoms with Gasteiger partial charge < -0.3 is 16.4 Å². The van der Waals surface area contributed by atoms with Crippen LogP contribution in [0.2, 0.25) is 0 Å². The van der Waals surface area contributed by atoms with Gasteiger partial charge in [0.05, 0.1) is 0 Å². The van der Waals surface area contributed by atoms with Gasteiger partial charge in [0.1, 0.15) is 10.7 Å². The van der Waals surface area contributed by atoms with Crippen molar-refractivity contribution in [2.45, 2.75) is 33.2 Å². The summed E-state index contributed by atoms with van der Waals surface area (Å²) in [5.74, 6) is 0.555. The summed E-state index contributed by atoms with van der Waals surface area (Å²) in [6.07, 6.45) is 0.904. The zero-order chi connectivity index (χ0) is 13.0. The predicted octanol–water partition coefficient (Wildman–Crippen LogP) is 1.93. The van der Waals surface area contributed by atoms with Gasteiger partial charge in [-0.2, -0.15) is 0 Å². The summed E-state index contributed by atoms with van der Waals surface area (Å²) in [6, 6.07) is 0.169. The van der Waals surface area contributed by atoms with Crippen molar-refractivity contribution in [2.24, 2.45) is 5.92 Å². The summed E-state index contributed by atoms with van der Waals surface area (Å²) >= 11 is 1.27. The zero-order valence-corrected chi connectivity index (χ0v) is 11.5. The molecule has 0 fully saturated rings. The first-order chi connectivity index (χ1) is 7.99. The topological polar surface area (TPSA) is 80.0 Å². The molecule has 6 heteroatoms. The molecule has 0 aliphatic rings. The van der Waals surface area contributed by atoms with Crippen molar-refractivity contribution in [1.29, 1.82) is 0 Å². The van der Waals surface area contributed by atoms with Crippen LogP contribution in [0.3, 0.4) is 0 Å². The minimum atomic E-state index is -0.137. The summed E-state index contributed by atoms with van der Waals surface area (Å²) in [6.45, 7) is 6.23. The van der Waals surface area contributed by atoms with Gasteiger partial charge in [-0.3, -0.25) is 4.79 Å². The quantitative estimate of drug-likeness (QED) is 0.752. The third-order valence-electron chi connectivity index (χ3n) is 2.63. The van der Waals surface area contributed by atoms with Crippen LogP contribution in [0.15, 0.2) is 0 Å². The molecule has 0 aliphatic heterocycles. The number of hydrogen-bond donors (Lipinski definition) is 3. The van der Waals surface area contributed by atoms with E-state index in [1.54, 1.807) is 7.05 Å². The van der Waals surface area contributed by atoms with E-state index in [2.05, 4.69) is 36.4 Å². The predicted molar refractivity (Wildman–Crippen MR) is 72.5 cm³/mol. The second-order valence-electron chi connectivity index (χ2n) is 4.22. The highest BCUT2D eigenvalue weighted by molar-refractivity contribution is 7.18. The molecule has 1 rings (SSSR count).